The van der Waals surface area contributed by atoms with E-state index in [1.165, 1.54) is 0 Å². The van der Waals surface area contributed by atoms with Gasteiger partial charge in [-0.2, -0.15) is 0 Å². The van der Waals surface area contributed by atoms with Crippen LogP contribution in [0.5, 0.6) is 0 Å². The van der Waals surface area contributed by atoms with E-state index in [2.05, 4.69) is 10.3 Å². The van der Waals surface area contributed by atoms with Gasteiger partial charge in [-0.3, -0.25) is 0 Å². The SMILES string of the molecule is CCOCCOCCOCCOCc1cn(CCOCCOCCOCCOCCC=O)nn1. The Morgan fingerprint density at radius 3 is 1.68 bits per heavy atom. The lowest BCUT2D eigenvalue weighted by Crippen LogP contribution is -2.13. The van der Waals surface area contributed by atoms with Crippen LogP contribution >= 0.6 is 0 Å². The van der Waals surface area contributed by atoms with Gasteiger partial charge in [0, 0.05) is 13.0 Å². The zero-order valence-corrected chi connectivity index (χ0v) is 20.4. The lowest BCUT2D eigenvalue weighted by atomic mass is 10.5. The molecule has 0 N–H and O–H groups in total. The molecule has 0 atom stereocenters. The summed E-state index contributed by atoms with van der Waals surface area (Å²) in [7, 11) is 0. The average molecular weight is 492 g/mol. The summed E-state index contributed by atoms with van der Waals surface area (Å²) < 4.78 is 44.7. The van der Waals surface area contributed by atoms with Crippen molar-refractivity contribution in [2.75, 3.05) is 99.1 Å². The molecule has 1 heterocycles. The maximum Gasteiger partial charge on any atom is 0.122 e. The second kappa shape index (κ2) is 24.6. The summed E-state index contributed by atoms with van der Waals surface area (Å²) in [6.45, 7) is 10.8. The summed E-state index contributed by atoms with van der Waals surface area (Å²) in [6.07, 6.45) is 3.09. The number of aromatic nitrogens is 3. The van der Waals surface area contributed by atoms with E-state index in [-0.39, 0.29) is 0 Å². The van der Waals surface area contributed by atoms with E-state index >= 15 is 0 Å². The number of rotatable bonds is 27. The van der Waals surface area contributed by atoms with Crippen LogP contribution in [0.25, 0.3) is 0 Å². The molecule has 0 aliphatic rings. The van der Waals surface area contributed by atoms with Gasteiger partial charge in [0.25, 0.3) is 0 Å². The summed E-state index contributed by atoms with van der Waals surface area (Å²) in [5.74, 6) is 0. The van der Waals surface area contributed by atoms with Gasteiger partial charge in [-0.25, -0.2) is 4.68 Å². The molecule has 0 aliphatic carbocycles. The average Bonchev–Trinajstić information content (AvgIpc) is 3.30. The van der Waals surface area contributed by atoms with Crippen LogP contribution < -0.4 is 0 Å². The fourth-order valence-corrected chi connectivity index (χ4v) is 2.44. The van der Waals surface area contributed by atoms with Crippen molar-refractivity contribution in [3.8, 4) is 0 Å². The summed E-state index contributed by atoms with van der Waals surface area (Å²) in [4.78, 5) is 10.1. The van der Waals surface area contributed by atoms with Gasteiger partial charge < -0.3 is 42.7 Å². The van der Waals surface area contributed by atoms with Crippen LogP contribution in [0.2, 0.25) is 0 Å². The highest BCUT2D eigenvalue weighted by atomic mass is 16.6. The van der Waals surface area contributed by atoms with Crippen molar-refractivity contribution >= 4 is 6.29 Å². The van der Waals surface area contributed by atoms with Gasteiger partial charge in [-0.15, -0.1) is 5.10 Å². The standard InChI is InChI=1S/C22H41N3O9/c1-2-27-8-9-30-14-17-33-18-19-34-21-22-20-25(24-23-22)4-7-29-11-13-32-16-15-31-12-10-28-6-3-5-26/h5,20H,2-4,6-19,21H2,1H3. The molecule has 0 aliphatic heterocycles. The van der Waals surface area contributed by atoms with E-state index in [9.17, 15) is 4.79 Å². The first kappa shape index (κ1) is 30.5. The van der Waals surface area contributed by atoms with Gasteiger partial charge in [-0.1, -0.05) is 5.21 Å². The van der Waals surface area contributed by atoms with Crippen LogP contribution in [0.1, 0.15) is 19.0 Å². The fourth-order valence-electron chi connectivity index (χ4n) is 2.44. The van der Waals surface area contributed by atoms with E-state index in [1.807, 2.05) is 13.1 Å². The first-order chi connectivity index (χ1) is 16.9. The van der Waals surface area contributed by atoms with Gasteiger partial charge in [0.2, 0.25) is 0 Å². The van der Waals surface area contributed by atoms with E-state index < -0.39 is 0 Å². The highest BCUT2D eigenvalue weighted by Gasteiger charge is 2.01. The van der Waals surface area contributed by atoms with Crippen molar-refractivity contribution in [3.63, 3.8) is 0 Å². The van der Waals surface area contributed by atoms with Gasteiger partial charge in [-0.05, 0) is 6.92 Å². The van der Waals surface area contributed by atoms with E-state index in [0.717, 1.165) is 12.0 Å². The van der Waals surface area contributed by atoms with Crippen LogP contribution in [0.4, 0.5) is 0 Å². The molecule has 12 heteroatoms. The molecule has 0 radical (unpaired) electrons. The predicted octanol–water partition coefficient (Wildman–Crippen LogP) is 0.520. The Bertz CT molecular complexity index is 563. The Labute approximate surface area is 202 Å². The second-order valence-corrected chi connectivity index (χ2v) is 6.85. The normalized spacial score (nSPS) is 11.3. The van der Waals surface area contributed by atoms with Crippen molar-refractivity contribution in [1.82, 2.24) is 15.0 Å². The molecule has 198 valence electrons. The summed E-state index contributed by atoms with van der Waals surface area (Å²) >= 11 is 0. The minimum Gasteiger partial charge on any atom is -0.379 e. The zero-order chi connectivity index (χ0) is 24.4. The van der Waals surface area contributed by atoms with Crippen LogP contribution in [0, 0.1) is 0 Å². The molecule has 0 unspecified atom stereocenters. The fraction of sp³-hybridized carbons (Fsp3) is 0.864. The van der Waals surface area contributed by atoms with Gasteiger partial charge in [0.1, 0.15) is 12.0 Å². The second-order valence-electron chi connectivity index (χ2n) is 6.85. The first-order valence-corrected chi connectivity index (χ1v) is 11.8. The third kappa shape index (κ3) is 19.9. The van der Waals surface area contributed by atoms with E-state index in [1.54, 1.807) is 4.68 Å². The topological polar surface area (TPSA) is 122 Å². The molecule has 0 saturated heterocycles. The molecule has 1 aromatic rings. The van der Waals surface area contributed by atoms with Gasteiger partial charge >= 0.3 is 0 Å². The number of ether oxygens (including phenoxy) is 8. The molecule has 0 aromatic carbocycles. The van der Waals surface area contributed by atoms with Crippen LogP contribution in [-0.2, 0) is 55.8 Å². The van der Waals surface area contributed by atoms with Crippen molar-refractivity contribution in [2.24, 2.45) is 0 Å². The Kier molecular flexibility index (Phi) is 22.1. The third-order valence-electron chi connectivity index (χ3n) is 4.12. The minimum absolute atomic E-state index is 0.385. The largest absolute Gasteiger partial charge is 0.379 e. The first-order valence-electron chi connectivity index (χ1n) is 11.8. The maximum absolute atomic E-state index is 10.1. The predicted molar refractivity (Wildman–Crippen MR) is 122 cm³/mol. The minimum atomic E-state index is 0.385. The van der Waals surface area contributed by atoms with Crippen molar-refractivity contribution in [3.05, 3.63) is 11.9 Å². The summed E-state index contributed by atoms with van der Waals surface area (Å²) in [6, 6.07) is 0. The maximum atomic E-state index is 10.1. The number of carbonyl (C=O) groups excluding carboxylic acids is 1. The molecule has 0 bridgehead atoms. The smallest absolute Gasteiger partial charge is 0.122 e. The Hall–Kier alpha value is -1.51. The van der Waals surface area contributed by atoms with Crippen molar-refractivity contribution < 1.29 is 42.7 Å². The summed E-state index contributed by atoms with van der Waals surface area (Å²) in [5, 5.41) is 8.14. The van der Waals surface area contributed by atoms with E-state index in [4.69, 9.17) is 37.9 Å². The lowest BCUT2D eigenvalue weighted by molar-refractivity contribution is -0.108. The Balaban J connectivity index is 1.83. The van der Waals surface area contributed by atoms with Gasteiger partial charge in [0.05, 0.1) is 112 Å². The molecule has 34 heavy (non-hydrogen) atoms. The third-order valence-corrected chi connectivity index (χ3v) is 4.12. The highest BCUT2D eigenvalue weighted by Crippen LogP contribution is 1.96. The highest BCUT2D eigenvalue weighted by molar-refractivity contribution is 5.49. The lowest BCUT2D eigenvalue weighted by Gasteiger charge is -2.07. The molecular formula is C22H41N3O9. The Morgan fingerprint density at radius 1 is 0.676 bits per heavy atom. The van der Waals surface area contributed by atoms with Crippen molar-refractivity contribution in [2.45, 2.75) is 26.5 Å². The number of hydrogen-bond donors (Lipinski definition) is 0. The van der Waals surface area contributed by atoms with E-state index in [0.29, 0.717) is 119 Å². The molecule has 1 aromatic heterocycles. The number of carbonyl (C=O) groups is 1. The van der Waals surface area contributed by atoms with Crippen LogP contribution in [0.3, 0.4) is 0 Å². The number of nitrogens with zero attached hydrogens (tertiary/aromatic N) is 3. The monoisotopic (exact) mass is 491 g/mol. The molecule has 1 rings (SSSR count). The molecular weight excluding hydrogens is 450 g/mol. The van der Waals surface area contributed by atoms with Crippen molar-refractivity contribution in [1.29, 1.82) is 0 Å². The molecule has 0 spiro atoms. The van der Waals surface area contributed by atoms with Crippen LogP contribution in [-0.4, -0.2) is 120 Å². The molecule has 12 nitrogen and oxygen atoms in total. The zero-order valence-electron chi connectivity index (χ0n) is 20.4. The molecule has 0 saturated carbocycles. The number of aldehydes is 1. The van der Waals surface area contributed by atoms with Crippen LogP contribution in [0.15, 0.2) is 6.20 Å². The van der Waals surface area contributed by atoms with Gasteiger partial charge in [0.15, 0.2) is 0 Å². The molecule has 0 fully saturated rings. The summed E-state index contributed by atoms with van der Waals surface area (Å²) in [5.41, 5.74) is 0.761. The molecule has 0 amide bonds. The Morgan fingerprint density at radius 2 is 1.15 bits per heavy atom. The number of hydrogen-bond acceptors (Lipinski definition) is 11. The quantitative estimate of drug-likeness (QED) is 0.126.